The van der Waals surface area contributed by atoms with Gasteiger partial charge in [-0.3, -0.25) is 9.59 Å². The van der Waals surface area contributed by atoms with Crippen molar-refractivity contribution in [1.82, 2.24) is 10.2 Å². The Labute approximate surface area is 198 Å². The van der Waals surface area contributed by atoms with Gasteiger partial charge in [-0.1, -0.05) is 47.8 Å². The van der Waals surface area contributed by atoms with E-state index in [0.29, 0.717) is 40.4 Å². The van der Waals surface area contributed by atoms with Gasteiger partial charge < -0.3 is 15.0 Å². The van der Waals surface area contributed by atoms with Crippen LogP contribution in [-0.4, -0.2) is 35.9 Å². The molecule has 0 heterocycles. The van der Waals surface area contributed by atoms with E-state index in [2.05, 4.69) is 5.32 Å². The van der Waals surface area contributed by atoms with Crippen LogP contribution in [-0.2, 0) is 16.1 Å². The van der Waals surface area contributed by atoms with Crippen LogP contribution >= 0.6 is 34.8 Å². The number of carbonyl (C=O) groups is 2. The number of rotatable bonds is 11. The molecule has 0 aliphatic carbocycles. The summed E-state index contributed by atoms with van der Waals surface area (Å²) in [7, 11) is 0. The zero-order valence-electron chi connectivity index (χ0n) is 17.7. The van der Waals surface area contributed by atoms with Crippen LogP contribution in [0.3, 0.4) is 0 Å². The van der Waals surface area contributed by atoms with Gasteiger partial charge in [0.15, 0.2) is 0 Å². The number of halogens is 3. The van der Waals surface area contributed by atoms with E-state index in [-0.39, 0.29) is 24.8 Å². The standard InChI is InChI=1S/C23H27Cl3N2O3/c1-3-12-27-23(30)16(2)28(15-17-6-11-20(25)21(26)14-17)22(29)5-4-13-31-19-9-7-18(24)8-10-19/h6-11,14,16H,3-5,12-13,15H2,1-2H3,(H,27,30). The quantitative estimate of drug-likeness (QED) is 0.412. The van der Waals surface area contributed by atoms with Crippen LogP contribution in [0, 0.1) is 0 Å². The Morgan fingerprint density at radius 2 is 1.77 bits per heavy atom. The molecule has 0 fully saturated rings. The smallest absolute Gasteiger partial charge is 0.242 e. The van der Waals surface area contributed by atoms with E-state index < -0.39 is 6.04 Å². The van der Waals surface area contributed by atoms with E-state index in [4.69, 9.17) is 39.5 Å². The number of nitrogens with one attached hydrogen (secondary N) is 1. The van der Waals surface area contributed by atoms with Crippen LogP contribution in [0.15, 0.2) is 42.5 Å². The van der Waals surface area contributed by atoms with Gasteiger partial charge in [0, 0.05) is 24.5 Å². The molecule has 1 N–H and O–H groups in total. The van der Waals surface area contributed by atoms with Gasteiger partial charge in [0.25, 0.3) is 0 Å². The Morgan fingerprint density at radius 1 is 1.06 bits per heavy atom. The predicted octanol–water partition coefficient (Wildman–Crippen LogP) is 5.75. The largest absolute Gasteiger partial charge is 0.494 e. The molecule has 0 spiro atoms. The Balaban J connectivity index is 2.01. The minimum atomic E-state index is -0.620. The first kappa shape index (κ1) is 25.3. The van der Waals surface area contributed by atoms with E-state index in [1.165, 1.54) is 0 Å². The molecule has 1 atom stereocenters. The fourth-order valence-electron chi connectivity index (χ4n) is 2.90. The Morgan fingerprint density at radius 3 is 2.42 bits per heavy atom. The maximum atomic E-state index is 13.0. The third-order valence-corrected chi connectivity index (χ3v) is 5.66. The maximum absolute atomic E-state index is 13.0. The molecule has 0 aromatic heterocycles. The highest BCUT2D eigenvalue weighted by Gasteiger charge is 2.25. The van der Waals surface area contributed by atoms with Gasteiger partial charge in [0.05, 0.1) is 16.7 Å². The van der Waals surface area contributed by atoms with Gasteiger partial charge >= 0.3 is 0 Å². The maximum Gasteiger partial charge on any atom is 0.242 e. The fourth-order valence-corrected chi connectivity index (χ4v) is 3.35. The van der Waals surface area contributed by atoms with Crippen molar-refractivity contribution in [3.8, 4) is 5.75 Å². The molecule has 0 saturated heterocycles. The van der Waals surface area contributed by atoms with Gasteiger partial charge in [-0.2, -0.15) is 0 Å². The number of carbonyl (C=O) groups excluding carboxylic acids is 2. The highest BCUT2D eigenvalue weighted by atomic mass is 35.5. The third-order valence-electron chi connectivity index (χ3n) is 4.67. The van der Waals surface area contributed by atoms with Crippen LogP contribution in [0.5, 0.6) is 5.75 Å². The first-order valence-corrected chi connectivity index (χ1v) is 11.3. The number of benzene rings is 2. The van der Waals surface area contributed by atoms with Gasteiger partial charge in [0.1, 0.15) is 11.8 Å². The third kappa shape index (κ3) is 8.24. The van der Waals surface area contributed by atoms with Crippen molar-refractivity contribution in [1.29, 1.82) is 0 Å². The van der Waals surface area contributed by atoms with Crippen LogP contribution < -0.4 is 10.1 Å². The van der Waals surface area contributed by atoms with Crippen LogP contribution in [0.4, 0.5) is 0 Å². The summed E-state index contributed by atoms with van der Waals surface area (Å²) < 4.78 is 5.66. The van der Waals surface area contributed by atoms with Gasteiger partial charge in [-0.25, -0.2) is 0 Å². The number of hydrogen-bond donors (Lipinski definition) is 1. The van der Waals surface area contributed by atoms with E-state index in [1.54, 1.807) is 54.3 Å². The van der Waals surface area contributed by atoms with Gasteiger partial charge in [0.2, 0.25) is 11.8 Å². The molecule has 1 unspecified atom stereocenters. The average Bonchev–Trinajstić information content (AvgIpc) is 2.76. The summed E-state index contributed by atoms with van der Waals surface area (Å²) >= 11 is 18.0. The van der Waals surface area contributed by atoms with E-state index in [0.717, 1.165) is 12.0 Å². The van der Waals surface area contributed by atoms with Crippen LogP contribution in [0.2, 0.25) is 15.1 Å². The second-order valence-corrected chi connectivity index (χ2v) is 8.39. The summed E-state index contributed by atoms with van der Waals surface area (Å²) in [5.41, 5.74) is 0.801. The lowest BCUT2D eigenvalue weighted by atomic mass is 10.1. The van der Waals surface area contributed by atoms with Crippen LogP contribution in [0.1, 0.15) is 38.7 Å². The highest BCUT2D eigenvalue weighted by Crippen LogP contribution is 2.24. The molecule has 0 bridgehead atoms. The van der Waals surface area contributed by atoms with Crippen LogP contribution in [0.25, 0.3) is 0 Å². The number of ether oxygens (including phenoxy) is 1. The topological polar surface area (TPSA) is 58.6 Å². The second-order valence-electron chi connectivity index (χ2n) is 7.14. The molecule has 31 heavy (non-hydrogen) atoms. The van der Waals surface area contributed by atoms with Crippen molar-refractivity contribution in [3.63, 3.8) is 0 Å². The van der Waals surface area contributed by atoms with Crippen molar-refractivity contribution in [2.45, 2.75) is 45.7 Å². The summed E-state index contributed by atoms with van der Waals surface area (Å²) in [5, 5.41) is 4.34. The van der Waals surface area contributed by atoms with Gasteiger partial charge in [-0.05, 0) is 61.7 Å². The number of amides is 2. The first-order chi connectivity index (χ1) is 14.8. The van der Waals surface area contributed by atoms with Gasteiger partial charge in [-0.15, -0.1) is 0 Å². The van der Waals surface area contributed by atoms with Crippen molar-refractivity contribution in [3.05, 3.63) is 63.1 Å². The molecule has 2 aromatic rings. The zero-order valence-corrected chi connectivity index (χ0v) is 19.9. The van der Waals surface area contributed by atoms with E-state index >= 15 is 0 Å². The van der Waals surface area contributed by atoms with Crippen molar-refractivity contribution in [2.75, 3.05) is 13.2 Å². The van der Waals surface area contributed by atoms with Crippen molar-refractivity contribution in [2.24, 2.45) is 0 Å². The summed E-state index contributed by atoms with van der Waals surface area (Å²) in [5.74, 6) is 0.370. The monoisotopic (exact) mass is 484 g/mol. The van der Waals surface area contributed by atoms with E-state index in [9.17, 15) is 9.59 Å². The summed E-state index contributed by atoms with van der Waals surface area (Å²) in [4.78, 5) is 27.1. The molecule has 2 aromatic carbocycles. The molecule has 8 heteroatoms. The fraction of sp³-hybridized carbons (Fsp3) is 0.391. The summed E-state index contributed by atoms with van der Waals surface area (Å²) in [6.45, 7) is 4.90. The molecular weight excluding hydrogens is 459 g/mol. The summed E-state index contributed by atoms with van der Waals surface area (Å²) in [6, 6.07) is 11.6. The zero-order chi connectivity index (χ0) is 22.8. The molecule has 0 saturated carbocycles. The summed E-state index contributed by atoms with van der Waals surface area (Å²) in [6.07, 6.45) is 1.59. The Kier molecular flexibility index (Phi) is 10.4. The lowest BCUT2D eigenvalue weighted by molar-refractivity contribution is -0.140. The highest BCUT2D eigenvalue weighted by molar-refractivity contribution is 6.42. The Hall–Kier alpha value is -1.95. The number of hydrogen-bond acceptors (Lipinski definition) is 3. The lowest BCUT2D eigenvalue weighted by Gasteiger charge is -2.29. The normalized spacial score (nSPS) is 11.6. The minimum Gasteiger partial charge on any atom is -0.494 e. The average molecular weight is 486 g/mol. The van der Waals surface area contributed by atoms with Crippen molar-refractivity contribution >= 4 is 46.6 Å². The second kappa shape index (κ2) is 12.8. The number of nitrogens with zero attached hydrogens (tertiary/aromatic N) is 1. The molecular formula is C23H27Cl3N2O3. The molecule has 0 aliphatic heterocycles. The molecule has 2 amide bonds. The Bertz CT molecular complexity index is 875. The molecule has 2 rings (SSSR count). The SMILES string of the molecule is CCCNC(=O)C(C)N(Cc1ccc(Cl)c(Cl)c1)C(=O)CCCOc1ccc(Cl)cc1. The molecule has 168 valence electrons. The molecule has 5 nitrogen and oxygen atoms in total. The first-order valence-electron chi connectivity index (χ1n) is 10.2. The molecule has 0 radical (unpaired) electrons. The molecule has 0 aliphatic rings. The predicted molar refractivity (Wildman–Crippen MR) is 126 cm³/mol. The van der Waals surface area contributed by atoms with E-state index in [1.807, 2.05) is 6.92 Å². The minimum absolute atomic E-state index is 0.134. The lowest BCUT2D eigenvalue weighted by Crippen LogP contribution is -2.47. The van der Waals surface area contributed by atoms with Crippen molar-refractivity contribution < 1.29 is 14.3 Å².